The van der Waals surface area contributed by atoms with E-state index in [-0.39, 0.29) is 12.6 Å². The zero-order chi connectivity index (χ0) is 13.2. The molecule has 2 N–H and O–H groups in total. The fourth-order valence-corrected chi connectivity index (χ4v) is 3.15. The van der Waals surface area contributed by atoms with Crippen molar-refractivity contribution in [3.8, 4) is 11.8 Å². The zero-order valence-corrected chi connectivity index (χ0v) is 11.1. The van der Waals surface area contributed by atoms with E-state index < -0.39 is 10.0 Å². The van der Waals surface area contributed by atoms with Gasteiger partial charge in [0.2, 0.25) is 10.0 Å². The van der Waals surface area contributed by atoms with Gasteiger partial charge in [-0.3, -0.25) is 0 Å². The molecular weight excluding hydrogens is 248 g/mol. The predicted octanol–water partition coefficient (Wildman–Crippen LogP) is 0.780. The van der Waals surface area contributed by atoms with Gasteiger partial charge in [-0.25, -0.2) is 8.42 Å². The highest BCUT2D eigenvalue weighted by molar-refractivity contribution is 7.89. The van der Waals surface area contributed by atoms with Gasteiger partial charge in [0.25, 0.3) is 0 Å². The second-order valence-corrected chi connectivity index (χ2v) is 6.28. The number of rotatable bonds is 3. The van der Waals surface area contributed by atoms with Gasteiger partial charge < -0.3 is 5.73 Å². The van der Waals surface area contributed by atoms with Crippen molar-refractivity contribution in [1.82, 2.24) is 4.31 Å². The van der Waals surface area contributed by atoms with Gasteiger partial charge in [-0.05, 0) is 31.0 Å². The van der Waals surface area contributed by atoms with Crippen molar-refractivity contribution in [2.45, 2.75) is 23.8 Å². The topological polar surface area (TPSA) is 63.4 Å². The molecule has 1 aliphatic rings. The summed E-state index contributed by atoms with van der Waals surface area (Å²) in [4.78, 5) is 0.292. The third-order valence-electron chi connectivity index (χ3n) is 2.91. The van der Waals surface area contributed by atoms with Gasteiger partial charge in [0.1, 0.15) is 0 Å². The van der Waals surface area contributed by atoms with Gasteiger partial charge in [0, 0.05) is 18.7 Å². The summed E-state index contributed by atoms with van der Waals surface area (Å²) in [6.07, 6.45) is 1.89. The number of sulfonamides is 1. The van der Waals surface area contributed by atoms with E-state index in [9.17, 15) is 8.42 Å². The molecule has 0 spiro atoms. The monoisotopic (exact) mass is 264 g/mol. The van der Waals surface area contributed by atoms with Gasteiger partial charge in [0.05, 0.1) is 11.4 Å². The molecule has 0 radical (unpaired) electrons. The zero-order valence-electron chi connectivity index (χ0n) is 10.3. The van der Waals surface area contributed by atoms with Crippen LogP contribution in [0, 0.1) is 11.8 Å². The van der Waals surface area contributed by atoms with Crippen molar-refractivity contribution in [3.05, 3.63) is 29.8 Å². The van der Waals surface area contributed by atoms with E-state index in [2.05, 4.69) is 11.8 Å². The third kappa shape index (κ3) is 2.72. The summed E-state index contributed by atoms with van der Waals surface area (Å²) >= 11 is 0. The Balaban J connectivity index is 2.32. The summed E-state index contributed by atoms with van der Waals surface area (Å²) in [6, 6.07) is 6.83. The molecule has 96 valence electrons. The molecule has 1 aliphatic carbocycles. The molecule has 0 amide bonds. The van der Waals surface area contributed by atoms with Crippen LogP contribution in [0.4, 0.5) is 0 Å². The summed E-state index contributed by atoms with van der Waals surface area (Å²) in [7, 11) is -1.76. The Labute approximate surface area is 108 Å². The Morgan fingerprint density at radius 1 is 1.44 bits per heavy atom. The lowest BCUT2D eigenvalue weighted by Gasteiger charge is -2.16. The van der Waals surface area contributed by atoms with Crippen LogP contribution in [-0.2, 0) is 10.0 Å². The minimum Gasteiger partial charge on any atom is -0.320 e. The summed E-state index contributed by atoms with van der Waals surface area (Å²) in [5.74, 6) is 5.56. The molecule has 4 nitrogen and oxygen atoms in total. The first kappa shape index (κ1) is 13.1. The van der Waals surface area contributed by atoms with E-state index >= 15 is 0 Å². The normalized spacial score (nSPS) is 15.3. The van der Waals surface area contributed by atoms with E-state index in [1.165, 1.54) is 4.31 Å². The van der Waals surface area contributed by atoms with Crippen LogP contribution in [-0.4, -0.2) is 32.4 Å². The standard InChI is InChI=1S/C13H16N2O2S/c1-15(12-7-8-12)18(16,17)13-6-2-4-11(10-13)5-3-9-14/h2,4,6,10,12H,7-9,14H2,1H3. The molecule has 0 saturated heterocycles. The first-order chi connectivity index (χ1) is 8.55. The van der Waals surface area contributed by atoms with Gasteiger partial charge in [-0.15, -0.1) is 0 Å². The molecular formula is C13H16N2O2S. The molecule has 0 heterocycles. The molecule has 1 saturated carbocycles. The Hall–Kier alpha value is -1.35. The maximum absolute atomic E-state index is 12.3. The Morgan fingerprint density at radius 3 is 2.78 bits per heavy atom. The van der Waals surface area contributed by atoms with E-state index in [0.717, 1.165) is 12.8 Å². The summed E-state index contributed by atoms with van der Waals surface area (Å²) in [5.41, 5.74) is 5.97. The molecule has 18 heavy (non-hydrogen) atoms. The fourth-order valence-electron chi connectivity index (χ4n) is 1.69. The number of nitrogens with zero attached hydrogens (tertiary/aromatic N) is 1. The number of hydrogen-bond donors (Lipinski definition) is 1. The second kappa shape index (κ2) is 5.11. The van der Waals surface area contributed by atoms with Crippen LogP contribution in [0.25, 0.3) is 0 Å². The maximum atomic E-state index is 12.3. The van der Waals surface area contributed by atoms with E-state index in [1.807, 2.05) is 0 Å². The smallest absolute Gasteiger partial charge is 0.243 e. The quantitative estimate of drug-likeness (QED) is 0.821. The SMILES string of the molecule is CN(C1CC1)S(=O)(=O)c1cccc(C#CCN)c1. The molecule has 2 rings (SSSR count). The van der Waals surface area contributed by atoms with Crippen LogP contribution in [0.3, 0.4) is 0 Å². The molecule has 1 aromatic rings. The molecule has 1 fully saturated rings. The lowest BCUT2D eigenvalue weighted by atomic mass is 10.2. The molecule has 0 bridgehead atoms. The summed E-state index contributed by atoms with van der Waals surface area (Å²) < 4.78 is 26.0. The minimum atomic E-state index is -3.39. The summed E-state index contributed by atoms with van der Waals surface area (Å²) in [6.45, 7) is 0.263. The predicted molar refractivity (Wildman–Crippen MR) is 70.3 cm³/mol. The minimum absolute atomic E-state index is 0.161. The van der Waals surface area contributed by atoms with Gasteiger partial charge in [-0.1, -0.05) is 17.9 Å². The maximum Gasteiger partial charge on any atom is 0.243 e. The summed E-state index contributed by atoms with van der Waals surface area (Å²) in [5, 5.41) is 0. The molecule has 0 unspecified atom stereocenters. The van der Waals surface area contributed by atoms with Crippen molar-refractivity contribution < 1.29 is 8.42 Å². The van der Waals surface area contributed by atoms with Crippen molar-refractivity contribution in [3.63, 3.8) is 0 Å². The molecule has 5 heteroatoms. The molecule has 1 aromatic carbocycles. The highest BCUT2D eigenvalue weighted by atomic mass is 32.2. The lowest BCUT2D eigenvalue weighted by Crippen LogP contribution is -2.28. The molecule has 0 aromatic heterocycles. The molecule has 0 atom stereocenters. The Kier molecular flexibility index (Phi) is 3.71. The largest absolute Gasteiger partial charge is 0.320 e. The highest BCUT2D eigenvalue weighted by Crippen LogP contribution is 2.30. The average Bonchev–Trinajstić information content (AvgIpc) is 3.20. The Bertz CT molecular complexity index is 595. The molecule has 0 aliphatic heterocycles. The average molecular weight is 264 g/mol. The van der Waals surface area contributed by atoms with E-state index in [0.29, 0.717) is 10.5 Å². The van der Waals surface area contributed by atoms with Gasteiger partial charge >= 0.3 is 0 Å². The first-order valence-corrected chi connectivity index (χ1v) is 7.27. The van der Waals surface area contributed by atoms with Crippen LogP contribution in [0.5, 0.6) is 0 Å². The van der Waals surface area contributed by atoms with Crippen LogP contribution < -0.4 is 5.73 Å². The second-order valence-electron chi connectivity index (χ2n) is 4.29. The van der Waals surface area contributed by atoms with Gasteiger partial charge in [-0.2, -0.15) is 4.31 Å². The van der Waals surface area contributed by atoms with E-state index in [4.69, 9.17) is 5.73 Å². The number of nitrogens with two attached hydrogens (primary N) is 1. The van der Waals surface area contributed by atoms with Gasteiger partial charge in [0.15, 0.2) is 0 Å². The van der Waals surface area contributed by atoms with E-state index in [1.54, 1.807) is 31.3 Å². The van der Waals surface area contributed by atoms with Crippen molar-refractivity contribution in [2.24, 2.45) is 5.73 Å². The highest BCUT2D eigenvalue weighted by Gasteiger charge is 2.34. The van der Waals surface area contributed by atoms with Crippen molar-refractivity contribution >= 4 is 10.0 Å². The number of hydrogen-bond acceptors (Lipinski definition) is 3. The van der Waals surface area contributed by atoms with Crippen molar-refractivity contribution in [1.29, 1.82) is 0 Å². The van der Waals surface area contributed by atoms with Crippen LogP contribution in [0.2, 0.25) is 0 Å². The number of benzene rings is 1. The van der Waals surface area contributed by atoms with Crippen LogP contribution >= 0.6 is 0 Å². The van der Waals surface area contributed by atoms with Crippen LogP contribution in [0.1, 0.15) is 18.4 Å². The lowest BCUT2D eigenvalue weighted by molar-refractivity contribution is 0.464. The first-order valence-electron chi connectivity index (χ1n) is 5.83. The Morgan fingerprint density at radius 2 is 2.17 bits per heavy atom. The fraction of sp³-hybridized carbons (Fsp3) is 0.385. The van der Waals surface area contributed by atoms with Crippen molar-refractivity contribution in [2.75, 3.05) is 13.6 Å². The van der Waals surface area contributed by atoms with Crippen LogP contribution in [0.15, 0.2) is 29.2 Å². The third-order valence-corrected chi connectivity index (χ3v) is 4.81.